The number of hydrogen-bond donors (Lipinski definition) is 0. The first-order valence-corrected chi connectivity index (χ1v) is 38.0. The largest absolute Gasteiger partial charge is 0.378 e. The normalized spacial score (nSPS) is 13.2. The smallest absolute Gasteiger partial charge is 0.192 e. The summed E-state index contributed by atoms with van der Waals surface area (Å²) < 4.78 is 4.95. The Balaban J connectivity index is 1.11. The van der Waals surface area contributed by atoms with Gasteiger partial charge in [-0.15, -0.1) is 0 Å². The number of hydrogen-bond acceptors (Lipinski definition) is 5. The maximum atomic E-state index is 16.3. The highest BCUT2D eigenvalue weighted by Crippen LogP contribution is 2.50. The van der Waals surface area contributed by atoms with Crippen molar-refractivity contribution in [1.29, 1.82) is 0 Å². The molecule has 4 aromatic heterocycles. The lowest BCUT2D eigenvalue weighted by molar-refractivity contribution is 0.104. The van der Waals surface area contributed by atoms with Gasteiger partial charge in [0.1, 0.15) is 8.07 Å². The summed E-state index contributed by atoms with van der Waals surface area (Å²) in [6.07, 6.45) is 13.8. The summed E-state index contributed by atoms with van der Waals surface area (Å²) in [6.45, 7) is 9.57. The van der Waals surface area contributed by atoms with Gasteiger partial charge in [0, 0.05) is 125 Å². The van der Waals surface area contributed by atoms with Crippen molar-refractivity contribution in [1.82, 2.24) is 8.80 Å². The molecule has 0 N–H and O–H groups in total. The Labute approximate surface area is 578 Å². The molecular weight excluding hydrogens is 1200 g/mol. The highest BCUT2D eigenvalue weighted by atomic mass is 28.3. The summed E-state index contributed by atoms with van der Waals surface area (Å²) in [7, 11) is 13.8. The number of rotatable bonds is 24. The van der Waals surface area contributed by atoms with Crippen LogP contribution < -0.4 is 30.0 Å². The molecule has 1 aliphatic rings. The van der Waals surface area contributed by atoms with Gasteiger partial charge in [-0.3, -0.25) is 4.79 Å². The average molecular weight is 1290 g/mol. The molecule has 0 radical (unpaired) electrons. The zero-order chi connectivity index (χ0) is 67.6. The molecule has 5 heterocycles. The molecule has 1 aliphatic heterocycles. The molecule has 0 bridgehead atoms. The Morgan fingerprint density at radius 1 is 0.340 bits per heavy atom. The average Bonchev–Trinajstić information content (AvgIpc) is 0.748. The second-order valence-corrected chi connectivity index (χ2v) is 32.3. The van der Waals surface area contributed by atoms with E-state index < -0.39 is 8.07 Å². The van der Waals surface area contributed by atoms with E-state index in [2.05, 4.69) is 343 Å². The van der Waals surface area contributed by atoms with Crippen LogP contribution in [0.5, 0.6) is 0 Å². The number of carbonyl (C=O) groups is 1. The fourth-order valence-electron chi connectivity index (χ4n) is 15.8. The summed E-state index contributed by atoms with van der Waals surface area (Å²) in [4.78, 5) is 25.0. The van der Waals surface area contributed by atoms with Crippen molar-refractivity contribution in [3.63, 3.8) is 0 Å². The zero-order valence-electron chi connectivity index (χ0n) is 59.3. The summed E-state index contributed by atoms with van der Waals surface area (Å²) in [5, 5.41) is 2.62. The molecular formula is C89H96N6OSi. The lowest BCUT2D eigenvalue weighted by Gasteiger charge is -2.43. The first-order valence-electron chi connectivity index (χ1n) is 35.6. The monoisotopic (exact) mass is 1290 g/mol. The van der Waals surface area contributed by atoms with E-state index in [0.717, 1.165) is 127 Å². The fraction of sp³-hybridized carbons (Fsp3) is 0.270. The maximum Gasteiger partial charge on any atom is 0.192 e. The number of carbonyl (C=O) groups excluding carboxylic acids is 1. The van der Waals surface area contributed by atoms with Gasteiger partial charge < -0.3 is 28.4 Å². The van der Waals surface area contributed by atoms with Crippen molar-refractivity contribution in [2.45, 2.75) is 91.1 Å². The Morgan fingerprint density at radius 2 is 0.660 bits per heavy atom. The second kappa shape index (κ2) is 28.2. The molecule has 0 amide bonds. The molecule has 0 saturated heterocycles. The molecule has 8 heteroatoms. The number of benzene rings is 8. The molecule has 8 aromatic carbocycles. The molecule has 2 unspecified atom stereocenters. The van der Waals surface area contributed by atoms with E-state index in [0.29, 0.717) is 11.8 Å². The predicted molar refractivity (Wildman–Crippen MR) is 420 cm³/mol. The molecule has 0 spiro atoms. The number of anilines is 4. The van der Waals surface area contributed by atoms with Crippen LogP contribution in [0.2, 0.25) is 12.1 Å². The topological polar surface area (TPSA) is 38.9 Å². The van der Waals surface area contributed by atoms with Crippen LogP contribution in [0.25, 0.3) is 100 Å². The maximum absolute atomic E-state index is 16.3. The van der Waals surface area contributed by atoms with Crippen molar-refractivity contribution >= 4 is 58.0 Å². The minimum absolute atomic E-state index is 0.138. The third-order valence-electron chi connectivity index (χ3n) is 21.2. The molecule has 13 rings (SSSR count). The van der Waals surface area contributed by atoms with E-state index in [9.17, 15) is 0 Å². The second-order valence-electron chi connectivity index (χ2n) is 28.2. The molecule has 2 atom stereocenters. The Bertz CT molecular complexity index is 4450. The van der Waals surface area contributed by atoms with Crippen LogP contribution in [0.4, 0.5) is 22.7 Å². The van der Waals surface area contributed by atoms with E-state index in [1.807, 2.05) is 0 Å². The van der Waals surface area contributed by atoms with Gasteiger partial charge in [0.25, 0.3) is 0 Å². The molecule has 0 fully saturated rings. The molecule has 0 aliphatic carbocycles. The highest BCUT2D eigenvalue weighted by Gasteiger charge is 2.48. The fourth-order valence-corrected chi connectivity index (χ4v) is 22.4. The number of nitrogens with zero attached hydrogens (tertiary/aromatic N) is 6. The van der Waals surface area contributed by atoms with Crippen molar-refractivity contribution in [3.05, 3.63) is 242 Å². The van der Waals surface area contributed by atoms with Gasteiger partial charge >= 0.3 is 0 Å². The molecule has 0 saturated carbocycles. The van der Waals surface area contributed by atoms with Crippen molar-refractivity contribution < 1.29 is 4.79 Å². The number of unbranched alkanes of at least 4 members (excludes halogenated alkanes) is 2. The lowest BCUT2D eigenvalue weighted by Crippen LogP contribution is -2.65. The molecule has 492 valence electrons. The van der Waals surface area contributed by atoms with E-state index in [1.165, 1.54) is 80.8 Å². The highest BCUT2D eigenvalue weighted by molar-refractivity contribution is 7.04. The van der Waals surface area contributed by atoms with Crippen molar-refractivity contribution in [2.75, 3.05) is 76.0 Å². The van der Waals surface area contributed by atoms with Gasteiger partial charge in [-0.1, -0.05) is 225 Å². The SMILES string of the molecule is CCCCC(CC)C[Si]1(CC(CC)CCCC)c2cc(-c3c(-c4ccccc4)c(-c4ccc(N(C)C)cc4)c4cc(-c5ccc(N(C)C)cc5)ccn34)ccc2C(=O)c2ccc(-c3c(-c4ccccc4)c(-c4ccc(N(C)C)cc4)c4cc(-c5ccc(N(C)C)cc5)ccn34)cc21. The standard InChI is InChI=1S/C89H96N6OSi/c1-13-17-25-61(15-3)59-97(60-62(16-4)26-18-14-2)81-57-71(87-85(65-27-21-19-22-28-65)83(67-35-45-75(46-36-67)92(9)10)79-55-69(51-53-94(79)87)63-31-41-73(42-32-63)90(5)6)39-49-77(81)89(96)78-50-40-72(58-82(78)97)88-86(66-29-23-20-24-30-66)84(68-37-47-76(48-38-68)93(11)12)80-56-70(52-54-95(80)88)64-33-43-74(44-34-64)91(7)8/h19-24,27-58,61-62H,13-18,25-26,59-60H2,1-12H3. The zero-order valence-corrected chi connectivity index (χ0v) is 60.3. The van der Waals surface area contributed by atoms with Gasteiger partial charge in [0.2, 0.25) is 0 Å². The Kier molecular flexibility index (Phi) is 19.2. The third kappa shape index (κ3) is 12.7. The van der Waals surface area contributed by atoms with Crippen LogP contribution in [0.3, 0.4) is 0 Å². The summed E-state index contributed by atoms with van der Waals surface area (Å²) in [6, 6.07) is 84.2. The van der Waals surface area contributed by atoms with Gasteiger partial charge in [0.15, 0.2) is 5.78 Å². The quantitative estimate of drug-likeness (QED) is 0.0564. The molecule has 7 nitrogen and oxygen atoms in total. The first kappa shape index (κ1) is 66.0. The van der Waals surface area contributed by atoms with E-state index in [-0.39, 0.29) is 5.78 Å². The van der Waals surface area contributed by atoms with Gasteiger partial charge in [-0.25, -0.2) is 0 Å². The number of pyridine rings is 2. The summed E-state index contributed by atoms with van der Waals surface area (Å²) in [5.41, 5.74) is 27.3. The number of ketones is 1. The van der Waals surface area contributed by atoms with Crippen molar-refractivity contribution in [2.24, 2.45) is 11.8 Å². The number of fused-ring (bicyclic) bond motifs is 4. The van der Waals surface area contributed by atoms with E-state index in [4.69, 9.17) is 0 Å². The van der Waals surface area contributed by atoms with E-state index in [1.54, 1.807) is 0 Å². The summed E-state index contributed by atoms with van der Waals surface area (Å²) in [5.74, 6) is 1.09. The van der Waals surface area contributed by atoms with E-state index >= 15 is 4.79 Å². The van der Waals surface area contributed by atoms with Crippen LogP contribution in [0.15, 0.2) is 231 Å². The van der Waals surface area contributed by atoms with Crippen LogP contribution in [0.1, 0.15) is 95.0 Å². The first-order chi connectivity index (χ1) is 47.1. The van der Waals surface area contributed by atoms with Crippen molar-refractivity contribution in [3.8, 4) is 89.3 Å². The minimum atomic E-state index is -3.03. The minimum Gasteiger partial charge on any atom is -0.378 e. The van der Waals surface area contributed by atoms with Gasteiger partial charge in [-0.2, -0.15) is 0 Å². The number of aromatic nitrogens is 2. The molecule has 12 aromatic rings. The Hall–Kier alpha value is -9.63. The van der Waals surface area contributed by atoms with Crippen LogP contribution in [0, 0.1) is 11.8 Å². The van der Waals surface area contributed by atoms with Gasteiger partial charge in [-0.05, 0) is 163 Å². The summed E-state index contributed by atoms with van der Waals surface area (Å²) >= 11 is 0. The van der Waals surface area contributed by atoms with Crippen LogP contribution in [-0.4, -0.2) is 79.0 Å². The van der Waals surface area contributed by atoms with Crippen LogP contribution >= 0.6 is 0 Å². The van der Waals surface area contributed by atoms with Gasteiger partial charge in [0.05, 0.1) is 22.4 Å². The molecule has 97 heavy (non-hydrogen) atoms. The predicted octanol–water partition coefficient (Wildman–Crippen LogP) is 21.3. The Morgan fingerprint density at radius 3 is 0.979 bits per heavy atom. The third-order valence-corrected chi connectivity index (χ3v) is 26.7. The lowest BCUT2D eigenvalue weighted by atomic mass is 9.91. The van der Waals surface area contributed by atoms with Crippen LogP contribution in [-0.2, 0) is 0 Å².